The van der Waals surface area contributed by atoms with E-state index in [0.717, 1.165) is 38.4 Å². The lowest BCUT2D eigenvalue weighted by Gasteiger charge is -2.36. The largest absolute Gasteiger partial charge is 0.369 e. The number of rotatable bonds is 4. The van der Waals surface area contributed by atoms with Crippen molar-refractivity contribution >= 4 is 11.6 Å². The van der Waals surface area contributed by atoms with E-state index in [1.807, 2.05) is 36.4 Å². The zero-order chi connectivity index (χ0) is 16.9. The smallest absolute Gasteiger partial charge is 0.248 e. The molecule has 0 aromatic heterocycles. The van der Waals surface area contributed by atoms with Crippen LogP contribution in [0.2, 0.25) is 0 Å². The molecule has 1 aliphatic heterocycles. The van der Waals surface area contributed by atoms with Gasteiger partial charge < -0.3 is 10.6 Å². The molecule has 0 saturated carbocycles. The van der Waals surface area contributed by atoms with E-state index in [1.54, 1.807) is 6.07 Å². The van der Waals surface area contributed by atoms with Crippen molar-refractivity contribution < 1.29 is 4.79 Å². The number of amides is 1. The van der Waals surface area contributed by atoms with Crippen LogP contribution in [0.5, 0.6) is 0 Å². The van der Waals surface area contributed by atoms with Crippen molar-refractivity contribution in [3.05, 3.63) is 65.2 Å². The average molecular weight is 320 g/mol. The highest BCUT2D eigenvalue weighted by Crippen LogP contribution is 2.19. The highest BCUT2D eigenvalue weighted by Gasteiger charge is 2.18. The number of hydrogen-bond donors (Lipinski definition) is 1. The first-order valence-electron chi connectivity index (χ1n) is 8.02. The SMILES string of the molecule is N#Cc1cccc(CN2CCN(c3cccc(C(N)=O)c3)CC2)c1. The van der Waals surface area contributed by atoms with Crippen molar-refractivity contribution in [2.24, 2.45) is 5.73 Å². The van der Waals surface area contributed by atoms with Gasteiger partial charge in [0.2, 0.25) is 5.91 Å². The summed E-state index contributed by atoms with van der Waals surface area (Å²) in [5, 5.41) is 8.99. The minimum Gasteiger partial charge on any atom is -0.369 e. The van der Waals surface area contributed by atoms with E-state index in [-0.39, 0.29) is 0 Å². The molecule has 1 aliphatic rings. The molecular formula is C19H20N4O. The van der Waals surface area contributed by atoms with Crippen molar-refractivity contribution in [1.82, 2.24) is 4.90 Å². The summed E-state index contributed by atoms with van der Waals surface area (Å²) >= 11 is 0. The Bertz CT molecular complexity index is 773. The number of nitrogens with two attached hydrogens (primary N) is 1. The Morgan fingerprint density at radius 2 is 1.83 bits per heavy atom. The molecule has 1 fully saturated rings. The summed E-state index contributed by atoms with van der Waals surface area (Å²) in [5.74, 6) is -0.395. The van der Waals surface area contributed by atoms with Crippen molar-refractivity contribution in [3.63, 3.8) is 0 Å². The zero-order valence-electron chi connectivity index (χ0n) is 13.5. The van der Waals surface area contributed by atoms with E-state index >= 15 is 0 Å². The average Bonchev–Trinajstić information content (AvgIpc) is 2.62. The third-order valence-electron chi connectivity index (χ3n) is 4.33. The molecule has 2 aromatic carbocycles. The predicted molar refractivity (Wildman–Crippen MR) is 93.6 cm³/mol. The van der Waals surface area contributed by atoms with Crippen LogP contribution in [0.4, 0.5) is 5.69 Å². The Labute approximate surface area is 141 Å². The molecule has 0 radical (unpaired) electrons. The molecule has 0 bridgehead atoms. The van der Waals surface area contributed by atoms with Crippen molar-refractivity contribution in [3.8, 4) is 6.07 Å². The first kappa shape index (κ1) is 16.0. The zero-order valence-corrected chi connectivity index (χ0v) is 13.5. The number of primary amides is 1. The molecule has 5 heteroatoms. The van der Waals surface area contributed by atoms with Gasteiger partial charge in [0.1, 0.15) is 0 Å². The number of carbonyl (C=O) groups excluding carboxylic acids is 1. The topological polar surface area (TPSA) is 73.4 Å². The van der Waals surface area contributed by atoms with Gasteiger partial charge in [0.25, 0.3) is 0 Å². The molecule has 2 aromatic rings. The fourth-order valence-electron chi connectivity index (χ4n) is 3.02. The lowest BCUT2D eigenvalue weighted by atomic mass is 10.1. The first-order chi connectivity index (χ1) is 11.7. The van der Waals surface area contributed by atoms with Gasteiger partial charge in [0.15, 0.2) is 0 Å². The highest BCUT2D eigenvalue weighted by molar-refractivity contribution is 5.93. The number of anilines is 1. The first-order valence-corrected chi connectivity index (χ1v) is 8.02. The second-order valence-electron chi connectivity index (χ2n) is 5.99. The quantitative estimate of drug-likeness (QED) is 0.935. The molecule has 0 atom stereocenters. The second-order valence-corrected chi connectivity index (χ2v) is 5.99. The van der Waals surface area contributed by atoms with Gasteiger partial charge >= 0.3 is 0 Å². The number of hydrogen-bond acceptors (Lipinski definition) is 4. The minimum absolute atomic E-state index is 0.395. The maximum Gasteiger partial charge on any atom is 0.248 e. The van der Waals surface area contributed by atoms with E-state index in [4.69, 9.17) is 11.0 Å². The Morgan fingerprint density at radius 3 is 2.54 bits per heavy atom. The number of benzene rings is 2. The van der Waals surface area contributed by atoms with E-state index in [1.165, 1.54) is 5.56 Å². The fourth-order valence-corrected chi connectivity index (χ4v) is 3.02. The molecule has 0 aliphatic carbocycles. The van der Waals surface area contributed by atoms with Gasteiger partial charge in [0, 0.05) is 44.0 Å². The number of nitriles is 1. The molecule has 1 amide bonds. The molecule has 0 unspecified atom stereocenters. The number of carbonyl (C=O) groups is 1. The van der Waals surface area contributed by atoms with Crippen LogP contribution in [0.25, 0.3) is 0 Å². The molecule has 0 spiro atoms. The normalized spacial score (nSPS) is 15.0. The summed E-state index contributed by atoms with van der Waals surface area (Å²) in [4.78, 5) is 16.0. The maximum absolute atomic E-state index is 11.3. The minimum atomic E-state index is -0.395. The van der Waals surface area contributed by atoms with E-state index in [2.05, 4.69) is 21.9 Å². The van der Waals surface area contributed by atoms with Gasteiger partial charge in [-0.1, -0.05) is 18.2 Å². The van der Waals surface area contributed by atoms with Crippen LogP contribution in [-0.4, -0.2) is 37.0 Å². The summed E-state index contributed by atoms with van der Waals surface area (Å²) in [6.45, 7) is 4.54. The number of nitrogens with zero attached hydrogens (tertiary/aromatic N) is 3. The summed E-state index contributed by atoms with van der Waals surface area (Å²) in [7, 11) is 0. The van der Waals surface area contributed by atoms with E-state index < -0.39 is 5.91 Å². The van der Waals surface area contributed by atoms with Crippen LogP contribution in [0.1, 0.15) is 21.5 Å². The van der Waals surface area contributed by atoms with Gasteiger partial charge in [-0.15, -0.1) is 0 Å². The Morgan fingerprint density at radius 1 is 1.08 bits per heavy atom. The van der Waals surface area contributed by atoms with Crippen molar-refractivity contribution in [1.29, 1.82) is 5.26 Å². The summed E-state index contributed by atoms with van der Waals surface area (Å²) in [6.07, 6.45) is 0. The summed E-state index contributed by atoms with van der Waals surface area (Å²) in [5.41, 5.74) is 8.81. The monoisotopic (exact) mass is 320 g/mol. The van der Waals surface area contributed by atoms with Gasteiger partial charge in [-0.3, -0.25) is 9.69 Å². The fraction of sp³-hybridized carbons (Fsp3) is 0.263. The summed E-state index contributed by atoms with van der Waals surface area (Å²) in [6, 6.07) is 17.4. The standard InChI is InChI=1S/C19H20N4O/c20-13-15-3-1-4-16(11-15)14-22-7-9-23(10-8-22)18-6-2-5-17(12-18)19(21)24/h1-6,11-12H,7-10,14H2,(H2,21,24). The van der Waals surface area contributed by atoms with Crippen LogP contribution in [0.3, 0.4) is 0 Å². The molecule has 1 saturated heterocycles. The van der Waals surface area contributed by atoms with Crippen LogP contribution < -0.4 is 10.6 Å². The van der Waals surface area contributed by atoms with Crippen LogP contribution >= 0.6 is 0 Å². The predicted octanol–water partition coefficient (Wildman–Crippen LogP) is 1.98. The molecule has 122 valence electrons. The molecule has 24 heavy (non-hydrogen) atoms. The van der Waals surface area contributed by atoms with Crippen LogP contribution in [-0.2, 0) is 6.54 Å². The van der Waals surface area contributed by atoms with Gasteiger partial charge in [0.05, 0.1) is 11.6 Å². The van der Waals surface area contributed by atoms with Crippen LogP contribution in [0.15, 0.2) is 48.5 Å². The molecule has 5 nitrogen and oxygen atoms in total. The van der Waals surface area contributed by atoms with Gasteiger partial charge in [-0.25, -0.2) is 0 Å². The van der Waals surface area contributed by atoms with Gasteiger partial charge in [-0.05, 0) is 35.9 Å². The van der Waals surface area contributed by atoms with Crippen molar-refractivity contribution in [2.75, 3.05) is 31.1 Å². The lowest BCUT2D eigenvalue weighted by molar-refractivity contribution is 0.100. The Kier molecular flexibility index (Phi) is 4.78. The van der Waals surface area contributed by atoms with Crippen molar-refractivity contribution in [2.45, 2.75) is 6.54 Å². The molecular weight excluding hydrogens is 300 g/mol. The lowest BCUT2D eigenvalue weighted by Crippen LogP contribution is -2.46. The molecule has 3 rings (SSSR count). The molecule has 1 heterocycles. The summed E-state index contributed by atoms with van der Waals surface area (Å²) < 4.78 is 0. The van der Waals surface area contributed by atoms with E-state index in [9.17, 15) is 4.79 Å². The third kappa shape index (κ3) is 3.73. The Hall–Kier alpha value is -2.84. The molecule has 2 N–H and O–H groups in total. The maximum atomic E-state index is 11.3. The van der Waals surface area contributed by atoms with E-state index in [0.29, 0.717) is 11.1 Å². The second kappa shape index (κ2) is 7.16. The highest BCUT2D eigenvalue weighted by atomic mass is 16.1. The number of piperazine rings is 1. The van der Waals surface area contributed by atoms with Gasteiger partial charge in [-0.2, -0.15) is 5.26 Å². The van der Waals surface area contributed by atoms with Crippen LogP contribution in [0, 0.1) is 11.3 Å². The Balaban J connectivity index is 1.60. The third-order valence-corrected chi connectivity index (χ3v) is 4.33.